The zero-order valence-electron chi connectivity index (χ0n) is 9.91. The summed E-state index contributed by atoms with van der Waals surface area (Å²) in [6, 6.07) is 2.97. The van der Waals surface area contributed by atoms with E-state index in [9.17, 15) is 9.59 Å². The number of rotatable bonds is 4. The van der Waals surface area contributed by atoms with E-state index in [1.807, 2.05) is 22.8 Å². The minimum atomic E-state index is -0.869. The van der Waals surface area contributed by atoms with Gasteiger partial charge in [-0.05, 0) is 18.4 Å². The molecule has 0 aliphatic heterocycles. The molecule has 2 aromatic heterocycles. The minimum Gasteiger partial charge on any atom is -0.351 e. The van der Waals surface area contributed by atoms with Gasteiger partial charge in [0, 0.05) is 0 Å². The Morgan fingerprint density at radius 2 is 2.37 bits per heavy atom. The maximum atomic E-state index is 11.5. The fourth-order valence-corrected chi connectivity index (χ4v) is 2.65. The molecule has 0 bridgehead atoms. The second-order valence-electron chi connectivity index (χ2n) is 3.56. The van der Waals surface area contributed by atoms with Crippen molar-refractivity contribution in [3.63, 3.8) is 0 Å². The molecule has 0 unspecified atom stereocenters. The number of thioether (sulfide) groups is 1. The summed E-state index contributed by atoms with van der Waals surface area (Å²) < 4.78 is 0. The molecule has 19 heavy (non-hydrogen) atoms. The summed E-state index contributed by atoms with van der Waals surface area (Å²) >= 11 is 2.68. The van der Waals surface area contributed by atoms with Crippen molar-refractivity contribution in [3.05, 3.63) is 17.5 Å². The van der Waals surface area contributed by atoms with Crippen LogP contribution in [0.15, 0.2) is 22.7 Å². The lowest BCUT2D eigenvalue weighted by Gasteiger charge is -2.06. The van der Waals surface area contributed by atoms with Gasteiger partial charge in [0.05, 0.1) is 10.1 Å². The van der Waals surface area contributed by atoms with E-state index in [1.54, 1.807) is 6.92 Å². The largest absolute Gasteiger partial charge is 0.351 e. The predicted molar refractivity (Wildman–Crippen MR) is 72.7 cm³/mol. The summed E-state index contributed by atoms with van der Waals surface area (Å²) in [4.78, 5) is 27.3. The molecular weight excluding hydrogens is 286 g/mol. The molecular formula is C10H11N5O2S2. The summed E-state index contributed by atoms with van der Waals surface area (Å²) in [5.74, 6) is 0.181. The Hall–Kier alpha value is -1.87. The van der Waals surface area contributed by atoms with E-state index < -0.39 is 17.2 Å². The van der Waals surface area contributed by atoms with Crippen LogP contribution < -0.4 is 11.1 Å². The first-order valence-electron chi connectivity index (χ1n) is 5.29. The number of H-pyrrole nitrogens is 1. The molecule has 0 saturated carbocycles. The zero-order valence-corrected chi connectivity index (χ0v) is 11.5. The molecule has 100 valence electrons. The number of carbonyl (C=O) groups is 2. The smallest absolute Gasteiger partial charge is 0.318 e. The lowest BCUT2D eigenvalue weighted by atomic mass is 10.4. The molecule has 0 saturated heterocycles. The van der Waals surface area contributed by atoms with E-state index in [4.69, 9.17) is 5.73 Å². The Morgan fingerprint density at radius 1 is 1.58 bits per heavy atom. The van der Waals surface area contributed by atoms with Crippen molar-refractivity contribution in [3.8, 4) is 10.7 Å². The van der Waals surface area contributed by atoms with Crippen LogP contribution in [-0.2, 0) is 4.79 Å². The van der Waals surface area contributed by atoms with Crippen LogP contribution in [0.25, 0.3) is 10.7 Å². The monoisotopic (exact) mass is 297 g/mol. The number of amides is 3. The van der Waals surface area contributed by atoms with E-state index in [0.717, 1.165) is 16.6 Å². The maximum absolute atomic E-state index is 11.5. The van der Waals surface area contributed by atoms with Gasteiger partial charge in [0.1, 0.15) is 0 Å². The summed E-state index contributed by atoms with van der Waals surface area (Å²) in [7, 11) is 0. The topological polar surface area (TPSA) is 114 Å². The van der Waals surface area contributed by atoms with Crippen LogP contribution in [0.1, 0.15) is 6.92 Å². The number of hydrogen-bond acceptors (Lipinski definition) is 6. The third-order valence-electron chi connectivity index (χ3n) is 2.12. The summed E-state index contributed by atoms with van der Waals surface area (Å²) in [6.07, 6.45) is 0. The summed E-state index contributed by atoms with van der Waals surface area (Å²) in [5, 5.41) is 10.7. The Bertz CT molecular complexity index is 581. The van der Waals surface area contributed by atoms with E-state index in [0.29, 0.717) is 11.0 Å². The summed E-state index contributed by atoms with van der Waals surface area (Å²) in [6.45, 7) is 1.64. The van der Waals surface area contributed by atoms with E-state index in [2.05, 4.69) is 15.2 Å². The Morgan fingerprint density at radius 3 is 3.00 bits per heavy atom. The zero-order chi connectivity index (χ0) is 13.8. The number of urea groups is 1. The minimum absolute atomic E-state index is 0.440. The first-order chi connectivity index (χ1) is 9.06. The average Bonchev–Trinajstić information content (AvgIpc) is 2.96. The van der Waals surface area contributed by atoms with Gasteiger partial charge in [0.2, 0.25) is 11.1 Å². The van der Waals surface area contributed by atoms with Crippen LogP contribution in [0.2, 0.25) is 0 Å². The van der Waals surface area contributed by atoms with Crippen molar-refractivity contribution in [1.29, 1.82) is 0 Å². The Labute approximate surface area is 117 Å². The number of nitrogens with one attached hydrogen (secondary N) is 2. The second-order valence-corrected chi connectivity index (χ2v) is 5.81. The number of thiophene rings is 1. The molecule has 1 atom stereocenters. The first kappa shape index (κ1) is 13.6. The third-order valence-corrected chi connectivity index (χ3v) is 3.95. The Kier molecular flexibility index (Phi) is 4.17. The van der Waals surface area contributed by atoms with Crippen LogP contribution in [0.5, 0.6) is 0 Å². The van der Waals surface area contributed by atoms with Gasteiger partial charge in [-0.1, -0.05) is 17.8 Å². The van der Waals surface area contributed by atoms with Crippen LogP contribution in [-0.4, -0.2) is 32.4 Å². The van der Waals surface area contributed by atoms with Gasteiger partial charge in [-0.15, -0.1) is 16.4 Å². The quantitative estimate of drug-likeness (QED) is 0.734. The molecule has 9 heteroatoms. The van der Waals surface area contributed by atoms with Crippen molar-refractivity contribution in [1.82, 2.24) is 20.5 Å². The highest BCUT2D eigenvalue weighted by Crippen LogP contribution is 2.25. The number of hydrogen-bond donors (Lipinski definition) is 3. The molecule has 0 fully saturated rings. The number of nitrogens with zero attached hydrogens (tertiary/aromatic N) is 2. The highest BCUT2D eigenvalue weighted by Gasteiger charge is 2.18. The molecule has 2 aromatic rings. The van der Waals surface area contributed by atoms with Crippen molar-refractivity contribution in [2.24, 2.45) is 5.73 Å². The van der Waals surface area contributed by atoms with Crippen LogP contribution in [0, 0.1) is 0 Å². The number of aromatic nitrogens is 3. The number of imide groups is 1. The lowest BCUT2D eigenvalue weighted by molar-refractivity contribution is -0.119. The van der Waals surface area contributed by atoms with Gasteiger partial charge in [0.25, 0.3) is 0 Å². The second kappa shape index (κ2) is 5.85. The van der Waals surface area contributed by atoms with Crippen LogP contribution >= 0.6 is 23.1 Å². The van der Waals surface area contributed by atoms with Crippen molar-refractivity contribution in [2.45, 2.75) is 17.3 Å². The van der Waals surface area contributed by atoms with Gasteiger partial charge in [0.15, 0.2) is 5.82 Å². The van der Waals surface area contributed by atoms with Gasteiger partial charge >= 0.3 is 6.03 Å². The molecule has 7 nitrogen and oxygen atoms in total. The maximum Gasteiger partial charge on any atom is 0.318 e. The first-order valence-corrected chi connectivity index (χ1v) is 7.05. The van der Waals surface area contributed by atoms with E-state index in [-0.39, 0.29) is 0 Å². The molecule has 0 aliphatic rings. The molecule has 0 aliphatic carbocycles. The van der Waals surface area contributed by atoms with Gasteiger partial charge < -0.3 is 5.73 Å². The highest BCUT2D eigenvalue weighted by molar-refractivity contribution is 8.00. The normalized spacial score (nSPS) is 12.1. The van der Waals surface area contributed by atoms with Crippen molar-refractivity contribution in [2.75, 3.05) is 0 Å². The molecule has 0 spiro atoms. The van der Waals surface area contributed by atoms with E-state index in [1.165, 1.54) is 11.3 Å². The molecule has 0 aromatic carbocycles. The summed E-state index contributed by atoms with van der Waals surface area (Å²) in [5.41, 5.74) is 4.88. The lowest BCUT2D eigenvalue weighted by Crippen LogP contribution is -2.39. The van der Waals surface area contributed by atoms with E-state index >= 15 is 0 Å². The SMILES string of the molecule is C[C@@H](Sc1n[nH]c(-c2cccs2)n1)C(=O)NC(N)=O. The number of carbonyl (C=O) groups excluding carboxylic acids is 2. The van der Waals surface area contributed by atoms with Crippen LogP contribution in [0.4, 0.5) is 4.79 Å². The standard InChI is InChI=1S/C10H11N5O2S2/c1-5(8(16)13-9(11)17)19-10-12-7(14-15-10)6-3-2-4-18-6/h2-5H,1H3,(H,12,14,15)(H3,11,13,16,17)/t5-/m1/s1. The van der Waals surface area contributed by atoms with Crippen LogP contribution in [0.3, 0.4) is 0 Å². The molecule has 3 amide bonds. The number of aromatic amines is 1. The highest BCUT2D eigenvalue weighted by atomic mass is 32.2. The Balaban J connectivity index is 2.00. The molecule has 0 radical (unpaired) electrons. The average molecular weight is 297 g/mol. The van der Waals surface area contributed by atoms with Crippen molar-refractivity contribution >= 4 is 35.0 Å². The fourth-order valence-electron chi connectivity index (χ4n) is 1.26. The van der Waals surface area contributed by atoms with Gasteiger partial charge in [-0.25, -0.2) is 9.78 Å². The predicted octanol–water partition coefficient (Wildman–Crippen LogP) is 1.21. The molecule has 2 rings (SSSR count). The molecule has 2 heterocycles. The third kappa shape index (κ3) is 3.55. The van der Waals surface area contributed by atoms with Gasteiger partial charge in [-0.3, -0.25) is 15.2 Å². The van der Waals surface area contributed by atoms with Gasteiger partial charge in [-0.2, -0.15) is 0 Å². The number of primary amides is 1. The molecule has 4 N–H and O–H groups in total. The fraction of sp³-hybridized carbons (Fsp3) is 0.200. The number of nitrogens with two attached hydrogens (primary N) is 1. The van der Waals surface area contributed by atoms with Crippen molar-refractivity contribution < 1.29 is 9.59 Å².